The zero-order valence-electron chi connectivity index (χ0n) is 17.4. The minimum atomic E-state index is -0.546. The van der Waals surface area contributed by atoms with Gasteiger partial charge in [0.15, 0.2) is 0 Å². The summed E-state index contributed by atoms with van der Waals surface area (Å²) in [6, 6.07) is 13.0. The zero-order chi connectivity index (χ0) is 21.6. The molecule has 1 aliphatic heterocycles. The number of aryl methyl sites for hydroxylation is 2. The molecule has 6 heteroatoms. The summed E-state index contributed by atoms with van der Waals surface area (Å²) in [6.07, 6.45) is 5.16. The summed E-state index contributed by atoms with van der Waals surface area (Å²) in [4.78, 5) is 38.2. The van der Waals surface area contributed by atoms with Crippen LogP contribution in [0.5, 0.6) is 0 Å². The number of ether oxygens (including phenoxy) is 1. The molecule has 2 aliphatic rings. The molecule has 0 atom stereocenters. The average molecular weight is 416 g/mol. The van der Waals surface area contributed by atoms with Gasteiger partial charge in [0.25, 0.3) is 5.91 Å². The van der Waals surface area contributed by atoms with Gasteiger partial charge < -0.3 is 14.6 Å². The Bertz CT molecular complexity index is 1250. The van der Waals surface area contributed by atoms with E-state index in [-0.39, 0.29) is 17.0 Å². The van der Waals surface area contributed by atoms with Crippen LogP contribution in [0.3, 0.4) is 0 Å². The highest BCUT2D eigenvalue weighted by molar-refractivity contribution is 6.06. The van der Waals surface area contributed by atoms with Crippen LogP contribution in [0.15, 0.2) is 53.5 Å². The first-order chi connectivity index (χ1) is 15.0. The number of aromatic nitrogens is 1. The normalized spacial score (nSPS) is 16.0. The van der Waals surface area contributed by atoms with Gasteiger partial charge in [0.1, 0.15) is 5.56 Å². The number of anilines is 1. The lowest BCUT2D eigenvalue weighted by Crippen LogP contribution is -2.26. The number of nitrogens with one attached hydrogen (secondary N) is 1. The van der Waals surface area contributed by atoms with Gasteiger partial charge in [-0.05, 0) is 61.9 Å². The van der Waals surface area contributed by atoms with Crippen LogP contribution in [-0.2, 0) is 27.9 Å². The number of carbonyl (C=O) groups excluding carboxylic acids is 2. The van der Waals surface area contributed by atoms with Crippen molar-refractivity contribution in [2.24, 2.45) is 0 Å². The van der Waals surface area contributed by atoms with Gasteiger partial charge in [0.05, 0.1) is 17.5 Å². The van der Waals surface area contributed by atoms with Gasteiger partial charge in [-0.15, -0.1) is 0 Å². The molecular formula is C25H24N2O4. The highest BCUT2D eigenvalue weighted by atomic mass is 16.5. The van der Waals surface area contributed by atoms with Crippen LogP contribution in [0.1, 0.15) is 47.7 Å². The topological polar surface area (TPSA) is 77.4 Å². The number of esters is 1. The van der Waals surface area contributed by atoms with Gasteiger partial charge in [0, 0.05) is 23.8 Å². The van der Waals surface area contributed by atoms with Gasteiger partial charge in [-0.25, -0.2) is 0 Å². The van der Waals surface area contributed by atoms with E-state index in [1.54, 1.807) is 31.3 Å². The molecule has 3 aromatic rings. The Hall–Kier alpha value is -3.41. The average Bonchev–Trinajstić information content (AvgIpc) is 3.59. The highest BCUT2D eigenvalue weighted by Crippen LogP contribution is 2.49. The fourth-order valence-electron chi connectivity index (χ4n) is 4.59. The molecule has 1 fully saturated rings. The predicted molar refractivity (Wildman–Crippen MR) is 118 cm³/mol. The van der Waals surface area contributed by atoms with Crippen molar-refractivity contribution < 1.29 is 14.3 Å². The standard InChI is InChI=1S/C25H24N2O4/c1-2-31-24(30)25(12-13-25)17-8-10-18(11-9-17)26-23(29)20-15-27-14-4-6-16-5-3-7-19(21(16)27)22(20)28/h3,5,7-11,15H,2,4,6,12-14H2,1H3,(H,26,29). The van der Waals surface area contributed by atoms with Crippen molar-refractivity contribution in [3.05, 3.63) is 75.6 Å². The Morgan fingerprint density at radius 2 is 1.90 bits per heavy atom. The van der Waals surface area contributed by atoms with Crippen LogP contribution in [0.2, 0.25) is 0 Å². The maximum Gasteiger partial charge on any atom is 0.316 e. The van der Waals surface area contributed by atoms with Crippen LogP contribution >= 0.6 is 0 Å². The Kier molecular flexibility index (Phi) is 4.65. The van der Waals surface area contributed by atoms with E-state index in [4.69, 9.17) is 4.74 Å². The van der Waals surface area contributed by atoms with Gasteiger partial charge in [-0.2, -0.15) is 0 Å². The number of hydrogen-bond donors (Lipinski definition) is 1. The van der Waals surface area contributed by atoms with Crippen molar-refractivity contribution in [2.75, 3.05) is 11.9 Å². The molecule has 0 radical (unpaired) electrons. The van der Waals surface area contributed by atoms with Crippen molar-refractivity contribution in [3.63, 3.8) is 0 Å². The Labute approximate surface area is 179 Å². The van der Waals surface area contributed by atoms with Gasteiger partial charge in [-0.1, -0.05) is 24.3 Å². The van der Waals surface area contributed by atoms with Gasteiger partial charge in [-0.3, -0.25) is 14.4 Å². The third kappa shape index (κ3) is 3.23. The van der Waals surface area contributed by atoms with Crippen molar-refractivity contribution in [3.8, 4) is 0 Å². The quantitative estimate of drug-likeness (QED) is 0.642. The predicted octanol–water partition coefficient (Wildman–Crippen LogP) is 3.79. The molecule has 2 aromatic carbocycles. The Morgan fingerprint density at radius 1 is 1.13 bits per heavy atom. The minimum Gasteiger partial charge on any atom is -0.465 e. The van der Waals surface area contributed by atoms with E-state index in [9.17, 15) is 14.4 Å². The number of rotatable bonds is 5. The smallest absolute Gasteiger partial charge is 0.316 e. The number of amides is 1. The van der Waals surface area contributed by atoms with Crippen molar-refractivity contribution in [1.82, 2.24) is 4.57 Å². The van der Waals surface area contributed by atoms with Gasteiger partial charge >= 0.3 is 5.97 Å². The summed E-state index contributed by atoms with van der Waals surface area (Å²) in [6.45, 7) is 2.95. The summed E-state index contributed by atoms with van der Waals surface area (Å²) in [5.41, 5.74) is 2.92. The number of pyridine rings is 1. The second-order valence-corrected chi connectivity index (χ2v) is 8.32. The first kappa shape index (κ1) is 19.5. The maximum absolute atomic E-state index is 13.0. The number of hydrogen-bond acceptors (Lipinski definition) is 4. The molecule has 2 heterocycles. The van der Waals surface area contributed by atoms with Crippen LogP contribution < -0.4 is 10.7 Å². The summed E-state index contributed by atoms with van der Waals surface area (Å²) >= 11 is 0. The molecule has 31 heavy (non-hydrogen) atoms. The third-order valence-electron chi connectivity index (χ3n) is 6.38. The SMILES string of the molecule is CCOC(=O)C1(c2ccc(NC(=O)c3cn4c5c(cccc5c3=O)CCC4)cc2)CC1. The number of nitrogens with zero attached hydrogens (tertiary/aromatic N) is 1. The van der Waals surface area contributed by atoms with Crippen LogP contribution in [0, 0.1) is 0 Å². The fourth-order valence-corrected chi connectivity index (χ4v) is 4.59. The number of benzene rings is 2. The highest BCUT2D eigenvalue weighted by Gasteiger charge is 2.52. The summed E-state index contributed by atoms with van der Waals surface area (Å²) in [7, 11) is 0. The molecule has 158 valence electrons. The lowest BCUT2D eigenvalue weighted by atomic mass is 9.96. The van der Waals surface area contributed by atoms with Crippen LogP contribution in [0.4, 0.5) is 5.69 Å². The number of para-hydroxylation sites is 1. The molecule has 0 spiro atoms. The molecule has 1 aromatic heterocycles. The molecule has 5 rings (SSSR count). The second kappa shape index (κ2) is 7.38. The molecule has 1 aliphatic carbocycles. The molecule has 6 nitrogen and oxygen atoms in total. The van der Waals surface area contributed by atoms with Crippen molar-refractivity contribution in [2.45, 2.75) is 44.6 Å². The lowest BCUT2D eigenvalue weighted by Gasteiger charge is -2.20. The molecule has 1 N–H and O–H groups in total. The Balaban J connectivity index is 1.41. The monoisotopic (exact) mass is 416 g/mol. The van der Waals surface area contributed by atoms with E-state index in [0.717, 1.165) is 48.9 Å². The summed E-state index contributed by atoms with van der Waals surface area (Å²) in [5, 5.41) is 3.42. The molecular weight excluding hydrogens is 392 g/mol. The van der Waals surface area contributed by atoms with Crippen LogP contribution in [-0.4, -0.2) is 23.1 Å². The lowest BCUT2D eigenvalue weighted by molar-refractivity contribution is -0.146. The second-order valence-electron chi connectivity index (χ2n) is 8.32. The van der Waals surface area contributed by atoms with E-state index >= 15 is 0 Å². The molecule has 1 saturated carbocycles. The minimum absolute atomic E-state index is 0.140. The van der Waals surface area contributed by atoms with Crippen molar-refractivity contribution >= 4 is 28.5 Å². The van der Waals surface area contributed by atoms with E-state index in [2.05, 4.69) is 5.32 Å². The molecule has 0 saturated heterocycles. The molecule has 1 amide bonds. The van der Waals surface area contributed by atoms with E-state index in [1.807, 2.05) is 28.8 Å². The number of carbonyl (C=O) groups is 2. The van der Waals surface area contributed by atoms with Crippen LogP contribution in [0.25, 0.3) is 10.9 Å². The molecule has 0 bridgehead atoms. The first-order valence-corrected chi connectivity index (χ1v) is 10.8. The first-order valence-electron chi connectivity index (χ1n) is 10.8. The summed E-state index contributed by atoms with van der Waals surface area (Å²) < 4.78 is 7.23. The van der Waals surface area contributed by atoms with E-state index < -0.39 is 11.3 Å². The van der Waals surface area contributed by atoms with E-state index in [0.29, 0.717) is 17.7 Å². The fraction of sp³-hybridized carbons (Fsp3) is 0.320. The van der Waals surface area contributed by atoms with Gasteiger partial charge in [0.2, 0.25) is 5.43 Å². The Morgan fingerprint density at radius 3 is 2.61 bits per heavy atom. The van der Waals surface area contributed by atoms with Crippen molar-refractivity contribution in [1.29, 1.82) is 0 Å². The largest absolute Gasteiger partial charge is 0.465 e. The maximum atomic E-state index is 13.0. The third-order valence-corrected chi connectivity index (χ3v) is 6.38. The summed E-state index contributed by atoms with van der Waals surface area (Å²) in [5.74, 6) is -0.616. The molecule has 0 unspecified atom stereocenters. The zero-order valence-corrected chi connectivity index (χ0v) is 17.4. The van der Waals surface area contributed by atoms with E-state index in [1.165, 1.54) is 0 Å².